The number of hydrogen-bond donors (Lipinski definition) is 1. The highest BCUT2D eigenvalue weighted by Crippen LogP contribution is 2.07. The second kappa shape index (κ2) is 43.0. The second-order valence-electron chi connectivity index (χ2n) is 10.3. The number of nitrogens with two attached hydrogens (primary N) is 1. The summed E-state index contributed by atoms with van der Waals surface area (Å²) in [5.74, 6) is -0.144. The van der Waals surface area contributed by atoms with Gasteiger partial charge in [0.25, 0.3) is 0 Å². The zero-order valence-corrected chi connectivity index (χ0v) is 29.3. The van der Waals surface area contributed by atoms with E-state index in [-0.39, 0.29) is 12.6 Å². The molecule has 0 aromatic heterocycles. The van der Waals surface area contributed by atoms with Crippen LogP contribution in [0.25, 0.3) is 0 Å². The van der Waals surface area contributed by atoms with Crippen molar-refractivity contribution in [2.45, 2.75) is 51.9 Å². The fraction of sp³-hybridized carbons (Fsp3) is 0.970. The Hall–Kier alpha value is -1.01. The standard InChI is InChI=1S/C33H67NO13/c1-2-3-4-5-6-7-8-33(35)47-32-31-46-30-29-45-28-27-44-26-25-43-24-23-42-22-21-41-20-19-40-18-17-39-16-15-38-14-13-37-12-11-36-10-9-34/h2-32,34H2,1H3. The molecule has 0 aromatic rings. The minimum Gasteiger partial charge on any atom is -0.463 e. The highest BCUT2D eigenvalue weighted by molar-refractivity contribution is 5.69. The molecule has 0 spiro atoms. The van der Waals surface area contributed by atoms with Crippen LogP contribution in [0, 0.1) is 0 Å². The van der Waals surface area contributed by atoms with Crippen LogP contribution in [0.5, 0.6) is 0 Å². The SMILES string of the molecule is CCCCCCCCC(=O)OCCOCCOCCOCCOCCOCCOCCOCCOCCOCCOCCOCCN. The number of ether oxygens (including phenoxy) is 12. The van der Waals surface area contributed by atoms with Gasteiger partial charge in [-0.3, -0.25) is 4.79 Å². The van der Waals surface area contributed by atoms with Gasteiger partial charge in [0, 0.05) is 13.0 Å². The second-order valence-corrected chi connectivity index (χ2v) is 10.3. The Labute approximate surface area is 283 Å². The smallest absolute Gasteiger partial charge is 0.305 e. The quantitative estimate of drug-likeness (QED) is 0.0739. The Morgan fingerprint density at radius 2 is 0.617 bits per heavy atom. The van der Waals surface area contributed by atoms with Crippen molar-refractivity contribution in [3.63, 3.8) is 0 Å². The Morgan fingerprint density at radius 1 is 0.362 bits per heavy atom. The number of unbranched alkanes of at least 4 members (excludes halogenated alkanes) is 5. The maximum atomic E-state index is 11.7. The van der Waals surface area contributed by atoms with Gasteiger partial charge in [0.2, 0.25) is 0 Å². The zero-order valence-electron chi connectivity index (χ0n) is 29.3. The van der Waals surface area contributed by atoms with E-state index in [4.69, 9.17) is 62.6 Å². The van der Waals surface area contributed by atoms with E-state index in [1.807, 2.05) is 0 Å². The number of esters is 1. The summed E-state index contributed by atoms with van der Waals surface area (Å²) in [5, 5.41) is 0. The topological polar surface area (TPSA) is 154 Å². The molecule has 282 valence electrons. The van der Waals surface area contributed by atoms with E-state index in [1.54, 1.807) is 0 Å². The third-order valence-electron chi connectivity index (χ3n) is 6.21. The lowest BCUT2D eigenvalue weighted by Gasteiger charge is -2.09. The number of rotatable bonds is 42. The third kappa shape index (κ3) is 43.0. The number of carbonyl (C=O) groups excluding carboxylic acids is 1. The molecule has 2 N–H and O–H groups in total. The minimum atomic E-state index is -0.144. The van der Waals surface area contributed by atoms with Gasteiger partial charge in [-0.2, -0.15) is 0 Å². The Bertz CT molecular complexity index is 593. The summed E-state index contributed by atoms with van der Waals surface area (Å²) in [6.07, 6.45) is 7.42. The molecule has 14 nitrogen and oxygen atoms in total. The summed E-state index contributed by atoms with van der Waals surface area (Å²) in [7, 11) is 0. The van der Waals surface area contributed by atoms with Gasteiger partial charge >= 0.3 is 5.97 Å². The summed E-state index contributed by atoms with van der Waals surface area (Å²) in [4.78, 5) is 11.7. The minimum absolute atomic E-state index is 0.144. The van der Waals surface area contributed by atoms with Crippen molar-refractivity contribution in [1.82, 2.24) is 0 Å². The highest BCUT2D eigenvalue weighted by atomic mass is 16.6. The van der Waals surface area contributed by atoms with Crippen molar-refractivity contribution in [2.24, 2.45) is 5.73 Å². The molecule has 0 bridgehead atoms. The Morgan fingerprint density at radius 3 is 0.915 bits per heavy atom. The first-order valence-electron chi connectivity index (χ1n) is 17.5. The van der Waals surface area contributed by atoms with E-state index in [0.29, 0.717) is 158 Å². The number of hydrogen-bond acceptors (Lipinski definition) is 14. The van der Waals surface area contributed by atoms with E-state index in [0.717, 1.165) is 12.8 Å². The average molecular weight is 686 g/mol. The molecule has 0 rings (SSSR count). The summed E-state index contributed by atoms with van der Waals surface area (Å²) in [6, 6.07) is 0. The molecule has 0 heterocycles. The van der Waals surface area contributed by atoms with Gasteiger partial charge < -0.3 is 62.6 Å². The molecule has 0 aliphatic heterocycles. The fourth-order valence-electron chi connectivity index (χ4n) is 3.72. The summed E-state index contributed by atoms with van der Waals surface area (Å²) >= 11 is 0. The van der Waals surface area contributed by atoms with Gasteiger partial charge in [0.15, 0.2) is 0 Å². The predicted octanol–water partition coefficient (Wildman–Crippen LogP) is 2.42. The van der Waals surface area contributed by atoms with E-state index in [2.05, 4.69) is 6.92 Å². The molecule has 47 heavy (non-hydrogen) atoms. The normalized spacial score (nSPS) is 11.4. The lowest BCUT2D eigenvalue weighted by molar-refractivity contribution is -0.145. The van der Waals surface area contributed by atoms with Crippen LogP contribution in [-0.2, 0) is 61.6 Å². The van der Waals surface area contributed by atoms with Gasteiger partial charge in [0.05, 0.1) is 145 Å². The maximum Gasteiger partial charge on any atom is 0.305 e. The lowest BCUT2D eigenvalue weighted by atomic mass is 10.1. The maximum absolute atomic E-state index is 11.7. The molecule has 0 saturated heterocycles. The third-order valence-corrected chi connectivity index (χ3v) is 6.21. The first-order chi connectivity index (χ1) is 23.3. The van der Waals surface area contributed by atoms with E-state index in [9.17, 15) is 4.79 Å². The molecule has 0 amide bonds. The van der Waals surface area contributed by atoms with Crippen molar-refractivity contribution < 1.29 is 61.6 Å². The first-order valence-corrected chi connectivity index (χ1v) is 17.5. The molecule has 0 aromatic carbocycles. The average Bonchev–Trinajstić information content (AvgIpc) is 3.08. The van der Waals surface area contributed by atoms with Crippen LogP contribution in [0.2, 0.25) is 0 Å². The van der Waals surface area contributed by atoms with Crippen molar-refractivity contribution in [1.29, 1.82) is 0 Å². The van der Waals surface area contributed by atoms with Crippen molar-refractivity contribution >= 4 is 5.97 Å². The monoisotopic (exact) mass is 685 g/mol. The van der Waals surface area contributed by atoms with Gasteiger partial charge in [-0.25, -0.2) is 0 Å². The molecule has 14 heteroatoms. The van der Waals surface area contributed by atoms with Crippen LogP contribution >= 0.6 is 0 Å². The highest BCUT2D eigenvalue weighted by Gasteiger charge is 2.02. The predicted molar refractivity (Wildman–Crippen MR) is 177 cm³/mol. The van der Waals surface area contributed by atoms with Crippen LogP contribution < -0.4 is 5.73 Å². The van der Waals surface area contributed by atoms with Gasteiger partial charge in [-0.15, -0.1) is 0 Å². The van der Waals surface area contributed by atoms with Gasteiger partial charge in [-0.1, -0.05) is 39.0 Å². The molecule has 0 atom stereocenters. The Kier molecular flexibility index (Phi) is 42.1. The van der Waals surface area contributed by atoms with E-state index >= 15 is 0 Å². The first kappa shape index (κ1) is 46.0. The molecular formula is C33H67NO13. The molecule has 0 saturated carbocycles. The molecular weight excluding hydrogens is 618 g/mol. The zero-order chi connectivity index (χ0) is 34.0. The van der Waals surface area contributed by atoms with Crippen LogP contribution in [0.3, 0.4) is 0 Å². The van der Waals surface area contributed by atoms with Crippen molar-refractivity contribution in [3.05, 3.63) is 0 Å². The molecule has 0 radical (unpaired) electrons. The largest absolute Gasteiger partial charge is 0.463 e. The molecule has 0 fully saturated rings. The summed E-state index contributed by atoms with van der Waals surface area (Å²) in [6.45, 7) is 14.0. The van der Waals surface area contributed by atoms with Crippen LogP contribution in [0.15, 0.2) is 0 Å². The summed E-state index contributed by atoms with van der Waals surface area (Å²) < 4.78 is 64.9. The summed E-state index contributed by atoms with van der Waals surface area (Å²) in [5.41, 5.74) is 5.33. The molecule has 0 aliphatic carbocycles. The lowest BCUT2D eigenvalue weighted by Crippen LogP contribution is -2.16. The van der Waals surface area contributed by atoms with Crippen LogP contribution in [-0.4, -0.2) is 164 Å². The van der Waals surface area contributed by atoms with Crippen molar-refractivity contribution in [3.8, 4) is 0 Å². The van der Waals surface area contributed by atoms with Gasteiger partial charge in [-0.05, 0) is 6.42 Å². The van der Waals surface area contributed by atoms with Crippen molar-refractivity contribution in [2.75, 3.05) is 159 Å². The van der Waals surface area contributed by atoms with E-state index < -0.39 is 0 Å². The van der Waals surface area contributed by atoms with Crippen LogP contribution in [0.4, 0.5) is 0 Å². The fourth-order valence-corrected chi connectivity index (χ4v) is 3.72. The van der Waals surface area contributed by atoms with Crippen LogP contribution in [0.1, 0.15) is 51.9 Å². The van der Waals surface area contributed by atoms with Gasteiger partial charge in [0.1, 0.15) is 6.61 Å². The molecule has 0 aliphatic rings. The Balaban J connectivity index is 3.09. The van der Waals surface area contributed by atoms with E-state index in [1.165, 1.54) is 25.7 Å². The number of carbonyl (C=O) groups is 1. The molecule has 0 unspecified atom stereocenters.